The van der Waals surface area contributed by atoms with Gasteiger partial charge < -0.3 is 0 Å². The molecule has 1 aliphatic heterocycles. The first-order valence-corrected chi connectivity index (χ1v) is 15.6. The molecule has 1 saturated carbocycles. The first kappa shape index (κ1) is 25.1. The number of aryl methyl sites for hydroxylation is 3. The summed E-state index contributed by atoms with van der Waals surface area (Å²) in [5, 5.41) is 8.48. The summed E-state index contributed by atoms with van der Waals surface area (Å²) < 4.78 is 2.39. The number of pyridine rings is 1. The zero-order valence-corrected chi connectivity index (χ0v) is 25.2. The Bertz CT molecular complexity index is 1800. The van der Waals surface area contributed by atoms with Crippen LogP contribution < -0.4 is 4.57 Å². The minimum absolute atomic E-state index is 0.203. The highest BCUT2D eigenvalue weighted by Crippen LogP contribution is 2.53. The third-order valence-electron chi connectivity index (χ3n) is 9.24. The first-order valence-electron chi connectivity index (χ1n) is 14.8. The fourth-order valence-electron chi connectivity index (χ4n) is 7.36. The van der Waals surface area contributed by atoms with E-state index in [4.69, 9.17) is 0 Å². The van der Waals surface area contributed by atoms with Gasteiger partial charge in [0, 0.05) is 21.2 Å². The van der Waals surface area contributed by atoms with E-state index in [1.165, 1.54) is 102 Å². The molecule has 0 radical (unpaired) electrons. The summed E-state index contributed by atoms with van der Waals surface area (Å²) >= 11 is 2.02. The van der Waals surface area contributed by atoms with Crippen LogP contribution in [0.4, 0.5) is 0 Å². The molecule has 0 N–H and O–H groups in total. The molecule has 0 bridgehead atoms. The Morgan fingerprint density at radius 1 is 0.846 bits per heavy atom. The van der Waals surface area contributed by atoms with E-state index in [1.807, 2.05) is 11.8 Å². The van der Waals surface area contributed by atoms with Crippen LogP contribution in [0.15, 0.2) is 64.5 Å². The molecule has 5 aromatic rings. The second kappa shape index (κ2) is 9.10. The highest BCUT2D eigenvalue weighted by atomic mass is 32.2. The van der Waals surface area contributed by atoms with Crippen molar-refractivity contribution >= 4 is 44.1 Å². The van der Waals surface area contributed by atoms with Gasteiger partial charge in [0.1, 0.15) is 7.05 Å². The molecular formula is C37H40NS+. The van der Waals surface area contributed by atoms with Gasteiger partial charge in [-0.15, -0.1) is 0 Å². The van der Waals surface area contributed by atoms with Crippen molar-refractivity contribution in [2.24, 2.45) is 12.5 Å². The summed E-state index contributed by atoms with van der Waals surface area (Å²) in [6.07, 6.45) is 10.2. The maximum atomic E-state index is 2.54. The lowest BCUT2D eigenvalue weighted by Crippen LogP contribution is -2.32. The molecule has 2 aliphatic rings. The average Bonchev–Trinajstić information content (AvgIpc) is 2.91. The monoisotopic (exact) mass is 530 g/mol. The molecular weight excluding hydrogens is 490 g/mol. The Morgan fingerprint density at radius 2 is 1.64 bits per heavy atom. The van der Waals surface area contributed by atoms with Gasteiger partial charge in [0.05, 0.1) is 10.9 Å². The van der Waals surface area contributed by atoms with Crippen LogP contribution in [0.5, 0.6) is 0 Å². The van der Waals surface area contributed by atoms with Gasteiger partial charge in [-0.1, -0.05) is 93.8 Å². The molecule has 1 aromatic heterocycles. The van der Waals surface area contributed by atoms with E-state index in [2.05, 4.69) is 101 Å². The first-order chi connectivity index (χ1) is 18.7. The zero-order chi connectivity index (χ0) is 27.1. The molecule has 198 valence electrons. The van der Waals surface area contributed by atoms with Crippen LogP contribution in [0.2, 0.25) is 0 Å². The molecule has 0 unspecified atom stereocenters. The fraction of sp³-hybridized carbons (Fsp3) is 0.378. The molecule has 0 saturated heterocycles. The lowest BCUT2D eigenvalue weighted by molar-refractivity contribution is -0.659. The molecule has 1 nitrogen and oxygen atoms in total. The molecule has 4 aromatic carbocycles. The van der Waals surface area contributed by atoms with Gasteiger partial charge >= 0.3 is 0 Å². The Morgan fingerprint density at radius 3 is 2.41 bits per heavy atom. The summed E-state index contributed by atoms with van der Waals surface area (Å²) in [5.41, 5.74) is 8.84. The van der Waals surface area contributed by atoms with Gasteiger partial charge in [-0.25, -0.2) is 4.57 Å². The molecule has 0 atom stereocenters. The van der Waals surface area contributed by atoms with Crippen LogP contribution in [0, 0.1) is 19.3 Å². The normalized spacial score (nSPS) is 15.8. The molecule has 7 rings (SSSR count). The summed E-state index contributed by atoms with van der Waals surface area (Å²) in [6.45, 7) is 11.7. The van der Waals surface area contributed by atoms with Gasteiger partial charge in [0.15, 0.2) is 6.20 Å². The summed E-state index contributed by atoms with van der Waals surface area (Å²) in [5.74, 6) is 0.719. The predicted molar refractivity (Wildman–Crippen MR) is 168 cm³/mol. The van der Waals surface area contributed by atoms with E-state index in [9.17, 15) is 0 Å². The van der Waals surface area contributed by atoms with E-state index in [1.54, 1.807) is 5.56 Å². The zero-order valence-electron chi connectivity index (χ0n) is 24.4. The van der Waals surface area contributed by atoms with Crippen molar-refractivity contribution in [3.05, 3.63) is 77.0 Å². The van der Waals surface area contributed by atoms with E-state index in [0.29, 0.717) is 0 Å². The van der Waals surface area contributed by atoms with Crippen LogP contribution in [0.3, 0.4) is 0 Å². The highest BCUT2D eigenvalue weighted by molar-refractivity contribution is 8.00. The van der Waals surface area contributed by atoms with Crippen LogP contribution in [0.1, 0.15) is 81.0 Å². The Hall–Kier alpha value is -2.84. The van der Waals surface area contributed by atoms with E-state index >= 15 is 0 Å². The number of aromatic nitrogens is 1. The van der Waals surface area contributed by atoms with Crippen molar-refractivity contribution < 1.29 is 4.57 Å². The Labute approximate surface area is 237 Å². The lowest BCUT2D eigenvalue weighted by Gasteiger charge is -2.28. The van der Waals surface area contributed by atoms with Crippen molar-refractivity contribution in [1.29, 1.82) is 0 Å². The summed E-state index contributed by atoms with van der Waals surface area (Å²) in [7, 11) is 2.24. The van der Waals surface area contributed by atoms with Crippen LogP contribution in [-0.2, 0) is 13.5 Å². The second-order valence-corrected chi connectivity index (χ2v) is 14.5. The molecule has 1 aliphatic carbocycles. The highest BCUT2D eigenvalue weighted by Gasteiger charge is 2.33. The molecule has 2 heteroatoms. The van der Waals surface area contributed by atoms with Crippen molar-refractivity contribution in [2.75, 3.05) is 0 Å². The summed E-state index contributed by atoms with van der Waals surface area (Å²) in [6, 6.07) is 19.3. The quantitative estimate of drug-likeness (QED) is 0.159. The smallest absolute Gasteiger partial charge is 0.200 e. The number of nitrogens with zero attached hydrogens (tertiary/aromatic N) is 1. The minimum atomic E-state index is 0.203. The van der Waals surface area contributed by atoms with Crippen LogP contribution >= 0.6 is 11.8 Å². The van der Waals surface area contributed by atoms with E-state index in [0.717, 1.165) is 12.3 Å². The van der Waals surface area contributed by atoms with Crippen molar-refractivity contribution in [3.8, 4) is 11.3 Å². The SMILES string of the molecule is Cc1ccc2c(CC(C)(C)C)c3c(c(C)c2c1)-c1c2c(cc4ccc(C5CCCCC5)cc4c2cc[n+]1C)S3. The lowest BCUT2D eigenvalue weighted by atomic mass is 9.82. The molecule has 2 heterocycles. The minimum Gasteiger partial charge on any atom is -0.200 e. The van der Waals surface area contributed by atoms with Gasteiger partial charge in [0.25, 0.3) is 0 Å². The van der Waals surface area contributed by atoms with Gasteiger partial charge in [-0.3, -0.25) is 0 Å². The standard InChI is InChI=1S/C37H40NS/c1-22-12-15-27-29(18-22)23(2)33-35-34-28(16-17-38(35)6)30-19-25(24-10-8-7-9-11-24)13-14-26(30)20-32(34)39-36(33)31(27)21-37(3,4)5/h12-20,24H,7-11,21H2,1-6H3/q+1. The number of hydrogen-bond acceptors (Lipinski definition) is 1. The van der Waals surface area contributed by atoms with Crippen molar-refractivity contribution in [3.63, 3.8) is 0 Å². The van der Waals surface area contributed by atoms with Crippen molar-refractivity contribution in [1.82, 2.24) is 0 Å². The number of rotatable bonds is 2. The molecule has 0 spiro atoms. The fourth-order valence-corrected chi connectivity index (χ4v) is 8.73. The van der Waals surface area contributed by atoms with Gasteiger partial charge in [-0.2, -0.15) is 0 Å². The number of fused-ring (bicyclic) bond motifs is 5. The number of benzene rings is 4. The molecule has 0 amide bonds. The van der Waals surface area contributed by atoms with E-state index in [-0.39, 0.29) is 5.41 Å². The van der Waals surface area contributed by atoms with Gasteiger partial charge in [-0.05, 0) is 88.7 Å². The molecule has 1 fully saturated rings. The average molecular weight is 531 g/mol. The summed E-state index contributed by atoms with van der Waals surface area (Å²) in [4.78, 5) is 2.87. The number of hydrogen-bond donors (Lipinski definition) is 0. The largest absolute Gasteiger partial charge is 0.222 e. The third-order valence-corrected chi connectivity index (χ3v) is 10.4. The maximum Gasteiger partial charge on any atom is 0.222 e. The van der Waals surface area contributed by atoms with Crippen molar-refractivity contribution in [2.45, 2.75) is 88.9 Å². The van der Waals surface area contributed by atoms with Gasteiger partial charge in [0.2, 0.25) is 5.69 Å². The maximum absolute atomic E-state index is 2.54. The Kier molecular flexibility index (Phi) is 5.87. The second-order valence-electron chi connectivity index (χ2n) is 13.5. The molecule has 39 heavy (non-hydrogen) atoms. The third kappa shape index (κ3) is 4.10. The van der Waals surface area contributed by atoms with E-state index < -0.39 is 0 Å². The van der Waals surface area contributed by atoms with Crippen LogP contribution in [0.25, 0.3) is 43.6 Å². The van der Waals surface area contributed by atoms with Crippen LogP contribution in [-0.4, -0.2) is 0 Å². The Balaban J connectivity index is 1.56. The predicted octanol–water partition coefficient (Wildman–Crippen LogP) is 10.4. The topological polar surface area (TPSA) is 3.88 Å².